The van der Waals surface area contributed by atoms with E-state index in [1.165, 1.54) is 0 Å². The molecular formula is C13H21N3O3. The topological polar surface area (TPSA) is 94.2 Å². The Morgan fingerprint density at radius 2 is 2.16 bits per heavy atom. The first kappa shape index (κ1) is 15.1. The molecule has 0 aromatic carbocycles. The maximum atomic E-state index is 11.7. The van der Waals surface area contributed by atoms with Gasteiger partial charge < -0.3 is 20.7 Å². The van der Waals surface area contributed by atoms with Crippen molar-refractivity contribution >= 4 is 17.7 Å². The number of amides is 2. The molecule has 0 aliphatic carbocycles. The zero-order valence-corrected chi connectivity index (χ0v) is 11.5. The summed E-state index contributed by atoms with van der Waals surface area (Å²) >= 11 is 0. The molecule has 0 saturated heterocycles. The van der Waals surface area contributed by atoms with E-state index in [2.05, 4.69) is 22.5 Å². The van der Waals surface area contributed by atoms with Crippen LogP contribution in [0.5, 0.6) is 0 Å². The molecule has 0 fully saturated rings. The third kappa shape index (κ3) is 4.65. The molecule has 19 heavy (non-hydrogen) atoms. The zero-order chi connectivity index (χ0) is 14.4. The van der Waals surface area contributed by atoms with Crippen molar-refractivity contribution in [2.24, 2.45) is 0 Å². The molecule has 6 heteroatoms. The van der Waals surface area contributed by atoms with E-state index in [-0.39, 0.29) is 23.5 Å². The maximum Gasteiger partial charge on any atom is 0.354 e. The Balaban J connectivity index is 2.59. The molecule has 106 valence electrons. The molecule has 1 aromatic rings. The smallest absolute Gasteiger partial charge is 0.354 e. The van der Waals surface area contributed by atoms with Crippen molar-refractivity contribution < 1.29 is 14.7 Å². The van der Waals surface area contributed by atoms with Crippen molar-refractivity contribution in [2.75, 3.05) is 5.32 Å². The third-order valence-corrected chi connectivity index (χ3v) is 2.78. The minimum absolute atomic E-state index is 0.00568. The molecule has 0 aliphatic rings. The van der Waals surface area contributed by atoms with E-state index in [0.29, 0.717) is 5.69 Å². The average molecular weight is 267 g/mol. The number of carboxylic acid groups (broad SMARTS) is 1. The molecule has 0 spiro atoms. The number of aromatic carboxylic acids is 1. The quantitative estimate of drug-likeness (QED) is 0.638. The lowest BCUT2D eigenvalue weighted by Gasteiger charge is -2.13. The number of hydrogen-bond donors (Lipinski definition) is 4. The van der Waals surface area contributed by atoms with Gasteiger partial charge in [0.15, 0.2) is 0 Å². The van der Waals surface area contributed by atoms with Crippen LogP contribution in [0.25, 0.3) is 0 Å². The number of H-pyrrole nitrogens is 1. The highest BCUT2D eigenvalue weighted by molar-refractivity contribution is 5.99. The van der Waals surface area contributed by atoms with E-state index < -0.39 is 5.97 Å². The lowest BCUT2D eigenvalue weighted by atomic mass is 10.1. The number of anilines is 1. The van der Waals surface area contributed by atoms with Gasteiger partial charge in [-0.2, -0.15) is 0 Å². The number of aromatic amines is 1. The van der Waals surface area contributed by atoms with Crippen molar-refractivity contribution in [1.82, 2.24) is 10.3 Å². The summed E-state index contributed by atoms with van der Waals surface area (Å²) in [7, 11) is 0. The normalized spacial score (nSPS) is 11.9. The second kappa shape index (κ2) is 6.82. The predicted octanol–water partition coefficient (Wildman–Crippen LogP) is 2.72. The van der Waals surface area contributed by atoms with Crippen molar-refractivity contribution in [3.8, 4) is 0 Å². The molecule has 2 amide bonds. The van der Waals surface area contributed by atoms with Crippen LogP contribution >= 0.6 is 0 Å². The fraction of sp³-hybridized carbons (Fsp3) is 0.538. The van der Waals surface area contributed by atoms with Gasteiger partial charge >= 0.3 is 12.0 Å². The number of rotatable bonds is 6. The first-order chi connectivity index (χ1) is 8.93. The summed E-state index contributed by atoms with van der Waals surface area (Å²) in [6.07, 6.45) is 3.03. The monoisotopic (exact) mass is 267 g/mol. The van der Waals surface area contributed by atoms with Gasteiger partial charge in [0.1, 0.15) is 5.69 Å². The molecule has 0 bridgehead atoms. The summed E-state index contributed by atoms with van der Waals surface area (Å²) in [4.78, 5) is 25.4. The number of hydrogen-bond acceptors (Lipinski definition) is 2. The molecule has 0 saturated carbocycles. The summed E-state index contributed by atoms with van der Waals surface area (Å²) < 4.78 is 0. The molecule has 1 unspecified atom stereocenters. The molecular weight excluding hydrogens is 246 g/mol. The van der Waals surface area contributed by atoms with Crippen LogP contribution in [0, 0.1) is 6.92 Å². The van der Waals surface area contributed by atoms with Gasteiger partial charge in [0.05, 0.1) is 5.69 Å². The summed E-state index contributed by atoms with van der Waals surface area (Å²) in [5.41, 5.74) is 0.964. The Morgan fingerprint density at radius 3 is 2.74 bits per heavy atom. The Labute approximate surface area is 112 Å². The van der Waals surface area contributed by atoms with Gasteiger partial charge in [0.25, 0.3) is 0 Å². The summed E-state index contributed by atoms with van der Waals surface area (Å²) in [6.45, 7) is 5.75. The van der Waals surface area contributed by atoms with Crippen molar-refractivity contribution in [2.45, 2.75) is 46.1 Å². The van der Waals surface area contributed by atoms with Gasteiger partial charge in [0.2, 0.25) is 0 Å². The SMILES string of the molecule is CCCCC(C)NC(=O)Nc1cc(C)[nH]c1C(=O)O. The van der Waals surface area contributed by atoms with Crippen LogP contribution < -0.4 is 10.6 Å². The van der Waals surface area contributed by atoms with E-state index in [9.17, 15) is 9.59 Å². The highest BCUT2D eigenvalue weighted by atomic mass is 16.4. The number of carbonyl (C=O) groups is 2. The van der Waals surface area contributed by atoms with Crippen LogP contribution in [0.15, 0.2) is 6.07 Å². The number of urea groups is 1. The van der Waals surface area contributed by atoms with E-state index in [4.69, 9.17) is 5.11 Å². The fourth-order valence-corrected chi connectivity index (χ4v) is 1.82. The van der Waals surface area contributed by atoms with Crippen LogP contribution in [-0.4, -0.2) is 28.1 Å². The lowest BCUT2D eigenvalue weighted by Crippen LogP contribution is -2.36. The number of aryl methyl sites for hydroxylation is 1. The van der Waals surface area contributed by atoms with Gasteiger partial charge in [-0.1, -0.05) is 19.8 Å². The van der Waals surface area contributed by atoms with Crippen LogP contribution in [0.3, 0.4) is 0 Å². The number of unbranched alkanes of at least 4 members (excludes halogenated alkanes) is 1. The predicted molar refractivity (Wildman–Crippen MR) is 73.6 cm³/mol. The summed E-state index contributed by atoms with van der Waals surface area (Å²) in [5.74, 6) is -1.09. The van der Waals surface area contributed by atoms with E-state index >= 15 is 0 Å². The number of carbonyl (C=O) groups excluding carboxylic acids is 1. The standard InChI is InChI=1S/C13H21N3O3/c1-4-5-6-8(2)15-13(19)16-10-7-9(3)14-11(10)12(17)18/h7-8,14H,4-6H2,1-3H3,(H,17,18)(H2,15,16,19). The Kier molecular flexibility index (Phi) is 5.41. The summed E-state index contributed by atoms with van der Waals surface area (Å²) in [6, 6.07) is 1.28. The van der Waals surface area contributed by atoms with Gasteiger partial charge in [-0.15, -0.1) is 0 Å². The van der Waals surface area contributed by atoms with Gasteiger partial charge in [-0.05, 0) is 26.3 Å². The Morgan fingerprint density at radius 1 is 1.47 bits per heavy atom. The lowest BCUT2D eigenvalue weighted by molar-refractivity contribution is 0.0692. The van der Waals surface area contributed by atoms with Crippen LogP contribution in [-0.2, 0) is 0 Å². The first-order valence-corrected chi connectivity index (χ1v) is 6.44. The highest BCUT2D eigenvalue weighted by Crippen LogP contribution is 2.16. The van der Waals surface area contributed by atoms with E-state index in [1.807, 2.05) is 6.92 Å². The van der Waals surface area contributed by atoms with Crippen molar-refractivity contribution in [3.05, 3.63) is 17.5 Å². The maximum absolute atomic E-state index is 11.7. The van der Waals surface area contributed by atoms with Crippen molar-refractivity contribution in [3.63, 3.8) is 0 Å². The largest absolute Gasteiger partial charge is 0.477 e. The molecule has 0 aliphatic heterocycles. The summed E-state index contributed by atoms with van der Waals surface area (Å²) in [5, 5.41) is 14.3. The van der Waals surface area contributed by atoms with E-state index in [1.54, 1.807) is 13.0 Å². The second-order valence-corrected chi connectivity index (χ2v) is 4.69. The zero-order valence-electron chi connectivity index (χ0n) is 11.5. The molecule has 1 aromatic heterocycles. The van der Waals surface area contributed by atoms with Crippen LogP contribution in [0.4, 0.5) is 10.5 Å². The molecule has 4 N–H and O–H groups in total. The minimum Gasteiger partial charge on any atom is -0.477 e. The highest BCUT2D eigenvalue weighted by Gasteiger charge is 2.16. The Bertz CT molecular complexity index is 454. The molecule has 6 nitrogen and oxygen atoms in total. The molecule has 1 heterocycles. The number of aromatic nitrogens is 1. The van der Waals surface area contributed by atoms with Crippen LogP contribution in [0.2, 0.25) is 0 Å². The van der Waals surface area contributed by atoms with Gasteiger partial charge in [-0.3, -0.25) is 0 Å². The average Bonchev–Trinajstić information content (AvgIpc) is 2.67. The number of carboxylic acids is 1. The first-order valence-electron chi connectivity index (χ1n) is 6.44. The molecule has 1 rings (SSSR count). The second-order valence-electron chi connectivity index (χ2n) is 4.69. The van der Waals surface area contributed by atoms with Crippen LogP contribution in [0.1, 0.15) is 49.3 Å². The third-order valence-electron chi connectivity index (χ3n) is 2.78. The number of nitrogens with one attached hydrogen (secondary N) is 3. The minimum atomic E-state index is -1.09. The molecule has 1 atom stereocenters. The Hall–Kier alpha value is -1.98. The fourth-order valence-electron chi connectivity index (χ4n) is 1.82. The van der Waals surface area contributed by atoms with E-state index in [0.717, 1.165) is 19.3 Å². The van der Waals surface area contributed by atoms with Gasteiger partial charge in [0, 0.05) is 11.7 Å². The van der Waals surface area contributed by atoms with Crippen molar-refractivity contribution in [1.29, 1.82) is 0 Å². The van der Waals surface area contributed by atoms with Gasteiger partial charge in [-0.25, -0.2) is 9.59 Å². The molecule has 0 radical (unpaired) electrons.